The van der Waals surface area contributed by atoms with Crippen LogP contribution in [0.15, 0.2) is 54.6 Å². The molecule has 3 aromatic rings. The van der Waals surface area contributed by atoms with Crippen LogP contribution in [0.25, 0.3) is 28.7 Å². The van der Waals surface area contributed by atoms with Crippen molar-refractivity contribution in [2.75, 3.05) is 5.32 Å². The lowest BCUT2D eigenvalue weighted by Crippen LogP contribution is -2.31. The number of anilines is 1. The first kappa shape index (κ1) is 28.0. The second-order valence-corrected chi connectivity index (χ2v) is 10.9. The number of aliphatic hydroxyl groups excluding tert-OH is 1. The van der Waals surface area contributed by atoms with Crippen molar-refractivity contribution >= 4 is 23.9 Å². The van der Waals surface area contributed by atoms with Crippen LogP contribution in [0.3, 0.4) is 0 Å². The average molecular weight is 536 g/mol. The largest absolute Gasteiger partial charge is 0.458 e. The molecule has 2 N–H and O–H groups in total. The Morgan fingerprint density at radius 1 is 1.21 bits per heavy atom. The van der Waals surface area contributed by atoms with Crippen molar-refractivity contribution in [1.82, 2.24) is 9.55 Å². The summed E-state index contributed by atoms with van der Waals surface area (Å²) < 4.78 is 26.5. The summed E-state index contributed by atoms with van der Waals surface area (Å²) in [6.07, 6.45) is 1.86. The molecule has 0 aliphatic carbocycles. The van der Waals surface area contributed by atoms with E-state index in [1.54, 1.807) is 57.3 Å². The molecule has 2 atom stereocenters. The number of carbonyl (C=O) groups is 2. The fraction of sp³-hybridized carbons (Fsp3) is 0.367. The molecular weight excluding hydrogens is 501 g/mol. The summed E-state index contributed by atoms with van der Waals surface area (Å²) in [7, 11) is 0. The van der Waals surface area contributed by atoms with Gasteiger partial charge < -0.3 is 19.1 Å². The lowest BCUT2D eigenvalue weighted by atomic mass is 10.0. The zero-order valence-corrected chi connectivity index (χ0v) is 22.8. The van der Waals surface area contributed by atoms with Crippen LogP contribution in [0.5, 0.6) is 0 Å². The monoisotopic (exact) mass is 535 g/mol. The molecule has 1 amide bonds. The maximum absolute atomic E-state index is 13.9. The van der Waals surface area contributed by atoms with E-state index in [1.165, 1.54) is 12.1 Å². The van der Waals surface area contributed by atoms with Crippen LogP contribution in [-0.2, 0) is 14.3 Å². The molecule has 1 aromatic heterocycles. The number of nitrogens with zero attached hydrogens (tertiary/aromatic N) is 2. The summed E-state index contributed by atoms with van der Waals surface area (Å²) in [5.41, 5.74) is 2.68. The summed E-state index contributed by atoms with van der Waals surface area (Å²) in [5.74, 6) is -0.0801. The Hall–Kier alpha value is -3.98. The third-order valence-electron chi connectivity index (χ3n) is 5.99. The second-order valence-electron chi connectivity index (χ2n) is 10.9. The van der Waals surface area contributed by atoms with Crippen molar-refractivity contribution in [2.24, 2.45) is 0 Å². The zero-order valence-electron chi connectivity index (χ0n) is 22.8. The number of carbonyl (C=O) groups excluding carboxylic acids is 2. The quantitative estimate of drug-likeness (QED) is 0.356. The topological polar surface area (TPSA) is 103 Å². The fourth-order valence-corrected chi connectivity index (χ4v) is 4.37. The first-order valence-corrected chi connectivity index (χ1v) is 12.9. The smallest absolute Gasteiger partial charge is 0.412 e. The highest BCUT2D eigenvalue weighted by Crippen LogP contribution is 2.36. The van der Waals surface area contributed by atoms with Crippen molar-refractivity contribution in [3.8, 4) is 22.5 Å². The highest BCUT2D eigenvalue weighted by atomic mass is 19.1. The van der Waals surface area contributed by atoms with Crippen molar-refractivity contribution in [1.29, 1.82) is 0 Å². The van der Waals surface area contributed by atoms with Crippen LogP contribution in [0.1, 0.15) is 59.2 Å². The van der Waals surface area contributed by atoms with E-state index < -0.39 is 29.9 Å². The van der Waals surface area contributed by atoms with E-state index in [1.807, 2.05) is 30.5 Å². The van der Waals surface area contributed by atoms with Crippen molar-refractivity contribution < 1.29 is 28.6 Å². The number of rotatable bonds is 6. The van der Waals surface area contributed by atoms with Gasteiger partial charge in [0.2, 0.25) is 0 Å². The summed E-state index contributed by atoms with van der Waals surface area (Å²) in [6.45, 7) is 9.40. The first-order valence-electron chi connectivity index (χ1n) is 12.9. The summed E-state index contributed by atoms with van der Waals surface area (Å²) in [6, 6.07) is 13.4. The van der Waals surface area contributed by atoms with E-state index in [0.717, 1.165) is 17.0 Å². The molecule has 1 fully saturated rings. The predicted molar refractivity (Wildman–Crippen MR) is 147 cm³/mol. The number of cyclic esters (lactones) is 1. The third kappa shape index (κ3) is 7.11. The van der Waals surface area contributed by atoms with Gasteiger partial charge in [-0.1, -0.05) is 26.0 Å². The molecule has 8 nitrogen and oxygen atoms in total. The first-order chi connectivity index (χ1) is 18.4. The number of benzene rings is 2. The Morgan fingerprint density at radius 3 is 2.56 bits per heavy atom. The van der Waals surface area contributed by atoms with Gasteiger partial charge in [-0.05, 0) is 63.2 Å². The second kappa shape index (κ2) is 11.4. The highest BCUT2D eigenvalue weighted by molar-refractivity contribution is 5.88. The molecule has 0 spiro atoms. The van der Waals surface area contributed by atoms with E-state index in [-0.39, 0.29) is 18.2 Å². The SMILES string of the molecule is CC(C)c1nc(-c2cccc(NC(=O)OC(C)(C)C)c2)c(-c2ccc(F)cc2)n1C=CC1CC(O)CC(=O)O1. The molecule has 1 saturated heterocycles. The number of aliphatic hydroxyl groups is 1. The normalized spacial score (nSPS) is 17.9. The number of aromatic nitrogens is 2. The van der Waals surface area contributed by atoms with Crippen LogP contribution in [0, 0.1) is 5.82 Å². The zero-order chi connectivity index (χ0) is 28.3. The van der Waals surface area contributed by atoms with Crippen molar-refractivity contribution in [3.05, 3.63) is 66.2 Å². The van der Waals surface area contributed by atoms with E-state index in [0.29, 0.717) is 23.5 Å². The molecule has 1 aliphatic rings. The van der Waals surface area contributed by atoms with Crippen LogP contribution >= 0.6 is 0 Å². The Balaban J connectivity index is 1.80. The van der Waals surface area contributed by atoms with E-state index in [4.69, 9.17) is 14.5 Å². The third-order valence-corrected chi connectivity index (χ3v) is 5.99. The number of nitrogens with one attached hydrogen (secondary N) is 1. The minimum atomic E-state index is -0.763. The average Bonchev–Trinajstić information content (AvgIpc) is 3.21. The number of halogens is 1. The van der Waals surface area contributed by atoms with Crippen LogP contribution in [0.2, 0.25) is 0 Å². The van der Waals surface area contributed by atoms with Gasteiger partial charge in [0.25, 0.3) is 0 Å². The Morgan fingerprint density at radius 2 is 1.92 bits per heavy atom. The molecule has 0 bridgehead atoms. The van der Waals surface area contributed by atoms with Gasteiger partial charge in [0.15, 0.2) is 0 Å². The lowest BCUT2D eigenvalue weighted by Gasteiger charge is -2.23. The number of ether oxygens (including phenoxy) is 2. The van der Waals surface area contributed by atoms with Crippen molar-refractivity contribution in [2.45, 2.75) is 71.2 Å². The van der Waals surface area contributed by atoms with Gasteiger partial charge in [-0.15, -0.1) is 0 Å². The molecule has 2 aromatic carbocycles. The molecule has 0 saturated carbocycles. The molecule has 0 radical (unpaired) electrons. The standard InChI is InChI=1S/C30H34FN3O5/c1-18(2)28-33-26(20-7-6-8-22(15-20)32-29(37)39-30(3,4)5)27(19-9-11-21(31)12-10-19)34(28)14-13-24-16-23(35)17-25(36)38-24/h6-15,18,23-24,35H,16-17H2,1-5H3,(H,32,37). The molecular formula is C30H34FN3O5. The van der Waals surface area contributed by atoms with Crippen LogP contribution in [0.4, 0.5) is 14.9 Å². The van der Waals surface area contributed by atoms with E-state index >= 15 is 0 Å². The van der Waals surface area contributed by atoms with E-state index in [9.17, 15) is 19.1 Å². The Labute approximate surface area is 227 Å². The molecule has 2 heterocycles. The Bertz CT molecular complexity index is 1370. The van der Waals surface area contributed by atoms with Gasteiger partial charge in [-0.2, -0.15) is 0 Å². The van der Waals surface area contributed by atoms with Gasteiger partial charge in [0.1, 0.15) is 23.3 Å². The molecule has 2 unspecified atom stereocenters. The molecule has 39 heavy (non-hydrogen) atoms. The minimum Gasteiger partial charge on any atom is -0.458 e. The Kier molecular flexibility index (Phi) is 8.20. The summed E-state index contributed by atoms with van der Waals surface area (Å²) >= 11 is 0. The minimum absolute atomic E-state index is 0.00478. The van der Waals surface area contributed by atoms with E-state index in [2.05, 4.69) is 5.32 Å². The lowest BCUT2D eigenvalue weighted by molar-refractivity contribution is -0.156. The van der Waals surface area contributed by atoms with Crippen LogP contribution in [-0.4, -0.2) is 44.5 Å². The molecule has 1 aliphatic heterocycles. The number of hydrogen-bond acceptors (Lipinski definition) is 6. The number of hydrogen-bond donors (Lipinski definition) is 2. The van der Waals surface area contributed by atoms with Gasteiger partial charge in [0.05, 0.1) is 23.9 Å². The van der Waals surface area contributed by atoms with Gasteiger partial charge >= 0.3 is 12.1 Å². The molecule has 206 valence electrons. The van der Waals surface area contributed by atoms with Gasteiger partial charge in [-0.3, -0.25) is 10.1 Å². The predicted octanol–water partition coefficient (Wildman–Crippen LogP) is 6.36. The molecule has 4 rings (SSSR count). The number of imidazole rings is 1. The number of amides is 1. The molecule has 9 heteroatoms. The van der Waals surface area contributed by atoms with Gasteiger partial charge in [-0.25, -0.2) is 14.2 Å². The summed E-state index contributed by atoms with van der Waals surface area (Å²) in [4.78, 5) is 29.2. The fourth-order valence-electron chi connectivity index (χ4n) is 4.37. The van der Waals surface area contributed by atoms with Crippen LogP contribution < -0.4 is 5.32 Å². The maximum atomic E-state index is 13.9. The summed E-state index contributed by atoms with van der Waals surface area (Å²) in [5, 5.41) is 12.8. The maximum Gasteiger partial charge on any atom is 0.412 e. The number of esters is 1. The highest BCUT2D eigenvalue weighted by Gasteiger charge is 2.26. The van der Waals surface area contributed by atoms with Crippen molar-refractivity contribution in [3.63, 3.8) is 0 Å². The van der Waals surface area contributed by atoms with Gasteiger partial charge in [0, 0.05) is 35.4 Å².